The normalized spacial score (nSPS) is 27.3. The van der Waals surface area contributed by atoms with Crippen LogP contribution in [0.2, 0.25) is 0 Å². The lowest BCUT2D eigenvalue weighted by Crippen LogP contribution is -2.15. The van der Waals surface area contributed by atoms with Gasteiger partial charge >= 0.3 is 0 Å². The van der Waals surface area contributed by atoms with Crippen molar-refractivity contribution in [1.82, 2.24) is 4.90 Å². The van der Waals surface area contributed by atoms with Gasteiger partial charge in [0.2, 0.25) is 0 Å². The minimum atomic E-state index is 0. The third kappa shape index (κ3) is 1.52. The third-order valence-corrected chi connectivity index (χ3v) is 3.79. The molecule has 3 rings (SSSR count). The van der Waals surface area contributed by atoms with Crippen molar-refractivity contribution >= 4 is 17.0 Å². The molecule has 0 bridgehead atoms. The predicted molar refractivity (Wildman–Crippen MR) is 67.5 cm³/mol. The van der Waals surface area contributed by atoms with E-state index in [9.17, 15) is 10.2 Å². The lowest BCUT2D eigenvalue weighted by molar-refractivity contribution is 0.383. The van der Waals surface area contributed by atoms with Gasteiger partial charge in [-0.15, -0.1) is 17.0 Å². The number of phenols is 2. The van der Waals surface area contributed by atoms with E-state index in [1.807, 2.05) is 6.07 Å². The lowest BCUT2D eigenvalue weighted by Gasteiger charge is -2.11. The molecule has 1 saturated heterocycles. The summed E-state index contributed by atoms with van der Waals surface area (Å²) in [4.78, 5) is 2.34. The third-order valence-electron chi connectivity index (χ3n) is 3.79. The molecule has 2 N–H and O–H groups in total. The summed E-state index contributed by atoms with van der Waals surface area (Å²) < 4.78 is 0. The Balaban J connectivity index is 0.000000963. The molecule has 1 aliphatic heterocycles. The van der Waals surface area contributed by atoms with Gasteiger partial charge in [-0.3, -0.25) is 0 Å². The van der Waals surface area contributed by atoms with Crippen LogP contribution >= 0.6 is 17.0 Å². The molecule has 1 aliphatic carbocycles. The molecular weight excluding hydrogens is 270 g/mol. The van der Waals surface area contributed by atoms with Crippen molar-refractivity contribution in [2.24, 2.45) is 5.92 Å². The quantitative estimate of drug-likeness (QED) is 0.716. The average molecular weight is 286 g/mol. The van der Waals surface area contributed by atoms with Gasteiger partial charge in [0.05, 0.1) is 0 Å². The van der Waals surface area contributed by atoms with Crippen LogP contribution in [0.5, 0.6) is 11.5 Å². The number of likely N-dealkylation sites (N-methyl/N-ethyl adjacent to an activating group) is 1. The first kappa shape index (κ1) is 11.7. The maximum absolute atomic E-state index is 9.78. The Labute approximate surface area is 105 Å². The number of phenolic OH excluding ortho intramolecular Hbond substituents is 2. The number of likely N-dealkylation sites (tertiary alicyclic amines) is 1. The van der Waals surface area contributed by atoms with Gasteiger partial charge in [-0.1, -0.05) is 6.07 Å². The molecule has 2 unspecified atom stereocenters. The summed E-state index contributed by atoms with van der Waals surface area (Å²) in [6.45, 7) is 2.17. The van der Waals surface area contributed by atoms with Gasteiger partial charge in [-0.05, 0) is 31.0 Å². The molecule has 88 valence electrons. The fourth-order valence-corrected chi connectivity index (χ4v) is 3.11. The van der Waals surface area contributed by atoms with Crippen LogP contribution in [-0.4, -0.2) is 35.3 Å². The van der Waals surface area contributed by atoms with Crippen LogP contribution in [0, 0.1) is 5.92 Å². The number of hydrogen-bond acceptors (Lipinski definition) is 3. The molecule has 1 fully saturated rings. The van der Waals surface area contributed by atoms with Crippen molar-refractivity contribution in [3.63, 3.8) is 0 Å². The highest BCUT2D eigenvalue weighted by atomic mass is 79.9. The first-order chi connectivity index (χ1) is 7.16. The zero-order valence-corrected chi connectivity index (χ0v) is 10.9. The summed E-state index contributed by atoms with van der Waals surface area (Å²) in [5.41, 5.74) is 2.21. The van der Waals surface area contributed by atoms with Crippen molar-refractivity contribution in [2.75, 3.05) is 20.1 Å². The Morgan fingerprint density at radius 2 is 2.00 bits per heavy atom. The summed E-state index contributed by atoms with van der Waals surface area (Å²) in [5, 5.41) is 19.2. The number of benzene rings is 1. The highest BCUT2D eigenvalue weighted by molar-refractivity contribution is 8.93. The minimum Gasteiger partial charge on any atom is -0.504 e. The van der Waals surface area contributed by atoms with E-state index in [4.69, 9.17) is 0 Å². The van der Waals surface area contributed by atoms with Crippen LogP contribution in [0.1, 0.15) is 17.0 Å². The second-order valence-corrected chi connectivity index (χ2v) is 4.79. The highest BCUT2D eigenvalue weighted by Crippen LogP contribution is 2.47. The Morgan fingerprint density at radius 1 is 1.25 bits per heavy atom. The van der Waals surface area contributed by atoms with Crippen molar-refractivity contribution in [3.8, 4) is 11.5 Å². The minimum absolute atomic E-state index is 0. The number of hydrogen-bond donors (Lipinski definition) is 2. The first-order valence-electron chi connectivity index (χ1n) is 5.39. The topological polar surface area (TPSA) is 43.7 Å². The molecule has 4 heteroatoms. The van der Waals surface area contributed by atoms with E-state index in [2.05, 4.69) is 11.9 Å². The summed E-state index contributed by atoms with van der Waals surface area (Å²) >= 11 is 0. The molecule has 2 aliphatic rings. The molecule has 0 radical (unpaired) electrons. The summed E-state index contributed by atoms with van der Waals surface area (Å²) in [5.74, 6) is 1.29. The molecule has 0 spiro atoms. The van der Waals surface area contributed by atoms with Crippen LogP contribution in [0.15, 0.2) is 12.1 Å². The van der Waals surface area contributed by atoms with Crippen LogP contribution in [-0.2, 0) is 6.42 Å². The molecule has 0 amide bonds. The van der Waals surface area contributed by atoms with Crippen molar-refractivity contribution in [3.05, 3.63) is 23.3 Å². The molecule has 3 nitrogen and oxygen atoms in total. The summed E-state index contributed by atoms with van der Waals surface area (Å²) in [6.07, 6.45) is 0.907. The second-order valence-electron chi connectivity index (χ2n) is 4.79. The fraction of sp³-hybridized carbons (Fsp3) is 0.500. The highest BCUT2D eigenvalue weighted by Gasteiger charge is 2.40. The SMILES string of the molecule is Br.CN1CC2Cc3c(ccc(O)c3O)C2C1. The Kier molecular flexibility index (Phi) is 2.88. The zero-order chi connectivity index (χ0) is 10.6. The lowest BCUT2D eigenvalue weighted by atomic mass is 9.96. The zero-order valence-electron chi connectivity index (χ0n) is 9.18. The van der Waals surface area contributed by atoms with Gasteiger partial charge in [-0.25, -0.2) is 0 Å². The van der Waals surface area contributed by atoms with Gasteiger partial charge in [0, 0.05) is 24.6 Å². The van der Waals surface area contributed by atoms with Gasteiger partial charge in [0.25, 0.3) is 0 Å². The van der Waals surface area contributed by atoms with Crippen molar-refractivity contribution < 1.29 is 10.2 Å². The molecule has 2 atom stereocenters. The first-order valence-corrected chi connectivity index (χ1v) is 5.39. The summed E-state index contributed by atoms with van der Waals surface area (Å²) in [6, 6.07) is 3.57. The van der Waals surface area contributed by atoms with E-state index in [-0.39, 0.29) is 28.5 Å². The van der Waals surface area contributed by atoms with Crippen LogP contribution < -0.4 is 0 Å². The Bertz CT molecular complexity index is 422. The number of rotatable bonds is 0. The number of halogens is 1. The Morgan fingerprint density at radius 3 is 2.75 bits per heavy atom. The fourth-order valence-electron chi connectivity index (χ4n) is 3.11. The monoisotopic (exact) mass is 285 g/mol. The maximum Gasteiger partial charge on any atom is 0.160 e. The van der Waals surface area contributed by atoms with E-state index >= 15 is 0 Å². The van der Waals surface area contributed by atoms with Gasteiger partial charge in [0.1, 0.15) is 0 Å². The molecule has 1 aromatic carbocycles. The standard InChI is InChI=1S/C12H15NO2.BrH/c1-13-5-7-4-9-8(10(7)6-13)2-3-11(14)12(9)15;/h2-3,7,10,14-15H,4-6H2,1H3;1H. The van der Waals surface area contributed by atoms with Crippen LogP contribution in [0.3, 0.4) is 0 Å². The number of aromatic hydroxyl groups is 2. The van der Waals surface area contributed by atoms with Crippen LogP contribution in [0.25, 0.3) is 0 Å². The predicted octanol–water partition coefficient (Wildman–Crippen LogP) is 1.88. The molecule has 0 saturated carbocycles. The smallest absolute Gasteiger partial charge is 0.160 e. The molecule has 1 aromatic rings. The van der Waals surface area contributed by atoms with E-state index in [1.54, 1.807) is 6.07 Å². The van der Waals surface area contributed by atoms with E-state index in [1.165, 1.54) is 5.56 Å². The average Bonchev–Trinajstić information content (AvgIpc) is 2.68. The van der Waals surface area contributed by atoms with Crippen LogP contribution in [0.4, 0.5) is 0 Å². The van der Waals surface area contributed by atoms with E-state index in [0.717, 1.165) is 25.1 Å². The Hall–Kier alpha value is -0.740. The van der Waals surface area contributed by atoms with Crippen molar-refractivity contribution in [1.29, 1.82) is 0 Å². The second kappa shape index (κ2) is 3.93. The van der Waals surface area contributed by atoms with E-state index in [0.29, 0.717) is 11.8 Å². The molecule has 0 aromatic heterocycles. The van der Waals surface area contributed by atoms with Gasteiger partial charge in [0.15, 0.2) is 11.5 Å². The summed E-state index contributed by atoms with van der Waals surface area (Å²) in [7, 11) is 2.14. The van der Waals surface area contributed by atoms with E-state index < -0.39 is 0 Å². The van der Waals surface area contributed by atoms with Gasteiger partial charge in [-0.2, -0.15) is 0 Å². The number of nitrogens with zero attached hydrogens (tertiary/aromatic N) is 1. The molecule has 1 heterocycles. The van der Waals surface area contributed by atoms with Gasteiger partial charge < -0.3 is 15.1 Å². The number of fused-ring (bicyclic) bond motifs is 3. The van der Waals surface area contributed by atoms with Crippen molar-refractivity contribution in [2.45, 2.75) is 12.3 Å². The molecule has 16 heavy (non-hydrogen) atoms. The molecular formula is C12H16BrNO2. The maximum atomic E-state index is 9.78. The largest absolute Gasteiger partial charge is 0.504 e.